The lowest BCUT2D eigenvalue weighted by atomic mass is 10.1. The fraction of sp³-hybridized carbons (Fsp3) is 0.333. The van der Waals surface area contributed by atoms with Crippen LogP contribution in [-0.2, 0) is 17.6 Å². The molecular formula is C15H17N3O. The van der Waals surface area contributed by atoms with E-state index in [1.807, 2.05) is 19.1 Å². The number of rotatable bonds is 3. The number of nitrogens with one attached hydrogen (secondary N) is 2. The third-order valence-electron chi connectivity index (χ3n) is 3.71. The minimum atomic E-state index is -0.0776. The maximum Gasteiger partial charge on any atom is 0.224 e. The molecule has 0 radical (unpaired) electrons. The van der Waals surface area contributed by atoms with Gasteiger partial charge in [0.1, 0.15) is 5.82 Å². The van der Waals surface area contributed by atoms with Crippen molar-refractivity contribution in [2.75, 3.05) is 0 Å². The number of H-pyrrole nitrogens is 1. The van der Waals surface area contributed by atoms with Crippen LogP contribution in [-0.4, -0.2) is 15.9 Å². The summed E-state index contributed by atoms with van der Waals surface area (Å²) in [4.78, 5) is 19.5. The smallest absolute Gasteiger partial charge is 0.224 e. The average molecular weight is 255 g/mol. The SMILES string of the molecule is CC(NC(=O)C1Cc2ccccc2C1)c1ncc[nH]1. The maximum atomic E-state index is 12.3. The second-order valence-corrected chi connectivity index (χ2v) is 5.08. The minimum absolute atomic E-state index is 0.0508. The molecule has 2 N–H and O–H groups in total. The number of aromatic amines is 1. The third kappa shape index (κ3) is 2.38. The number of carbonyl (C=O) groups excluding carboxylic acids is 1. The molecule has 2 aromatic rings. The van der Waals surface area contributed by atoms with Crippen LogP contribution in [0.5, 0.6) is 0 Å². The van der Waals surface area contributed by atoms with E-state index in [4.69, 9.17) is 0 Å². The predicted octanol–water partition coefficient (Wildman–Crippen LogP) is 2.00. The Kier molecular flexibility index (Phi) is 3.07. The van der Waals surface area contributed by atoms with Crippen LogP contribution >= 0.6 is 0 Å². The quantitative estimate of drug-likeness (QED) is 0.881. The highest BCUT2D eigenvalue weighted by Gasteiger charge is 2.28. The molecule has 19 heavy (non-hydrogen) atoms. The van der Waals surface area contributed by atoms with E-state index in [9.17, 15) is 4.79 Å². The molecule has 4 nitrogen and oxygen atoms in total. The number of nitrogens with zero attached hydrogens (tertiary/aromatic N) is 1. The summed E-state index contributed by atoms with van der Waals surface area (Å²) in [6.07, 6.45) is 5.15. The fourth-order valence-electron chi connectivity index (χ4n) is 2.66. The van der Waals surface area contributed by atoms with Crippen LogP contribution in [0.3, 0.4) is 0 Å². The summed E-state index contributed by atoms with van der Waals surface area (Å²) >= 11 is 0. The lowest BCUT2D eigenvalue weighted by molar-refractivity contribution is -0.125. The van der Waals surface area contributed by atoms with Gasteiger partial charge in [-0.3, -0.25) is 4.79 Å². The van der Waals surface area contributed by atoms with Gasteiger partial charge in [0, 0.05) is 18.3 Å². The van der Waals surface area contributed by atoms with E-state index in [1.54, 1.807) is 12.4 Å². The number of hydrogen-bond acceptors (Lipinski definition) is 2. The topological polar surface area (TPSA) is 57.8 Å². The number of benzene rings is 1. The monoisotopic (exact) mass is 255 g/mol. The van der Waals surface area contributed by atoms with Gasteiger partial charge in [-0.1, -0.05) is 24.3 Å². The molecule has 1 amide bonds. The van der Waals surface area contributed by atoms with Crippen molar-refractivity contribution < 1.29 is 4.79 Å². The second-order valence-electron chi connectivity index (χ2n) is 5.08. The molecule has 0 bridgehead atoms. The minimum Gasteiger partial charge on any atom is -0.347 e. The Balaban J connectivity index is 1.64. The molecule has 0 saturated carbocycles. The number of imidazole rings is 1. The predicted molar refractivity (Wildman–Crippen MR) is 72.5 cm³/mol. The Morgan fingerprint density at radius 3 is 2.63 bits per heavy atom. The number of carbonyl (C=O) groups is 1. The van der Waals surface area contributed by atoms with Gasteiger partial charge in [-0.25, -0.2) is 4.98 Å². The second kappa shape index (κ2) is 4.88. The summed E-state index contributed by atoms with van der Waals surface area (Å²) in [5, 5.41) is 3.03. The van der Waals surface area contributed by atoms with Gasteiger partial charge < -0.3 is 10.3 Å². The first-order valence-corrected chi connectivity index (χ1v) is 6.60. The Morgan fingerprint density at radius 1 is 1.37 bits per heavy atom. The summed E-state index contributed by atoms with van der Waals surface area (Å²) in [6, 6.07) is 8.21. The van der Waals surface area contributed by atoms with Crippen LogP contribution in [0.4, 0.5) is 0 Å². The molecule has 1 aliphatic carbocycles. The van der Waals surface area contributed by atoms with Crippen LogP contribution in [0.2, 0.25) is 0 Å². The van der Waals surface area contributed by atoms with Gasteiger partial charge in [-0.15, -0.1) is 0 Å². The van der Waals surface area contributed by atoms with Gasteiger partial charge in [0.05, 0.1) is 6.04 Å². The van der Waals surface area contributed by atoms with Crippen LogP contribution in [0.25, 0.3) is 0 Å². The van der Waals surface area contributed by atoms with Crippen molar-refractivity contribution in [2.24, 2.45) is 5.92 Å². The zero-order valence-electron chi connectivity index (χ0n) is 10.9. The largest absolute Gasteiger partial charge is 0.347 e. The number of fused-ring (bicyclic) bond motifs is 1. The van der Waals surface area contributed by atoms with E-state index in [-0.39, 0.29) is 17.9 Å². The van der Waals surface area contributed by atoms with E-state index in [1.165, 1.54) is 11.1 Å². The highest BCUT2D eigenvalue weighted by molar-refractivity contribution is 5.80. The van der Waals surface area contributed by atoms with Crippen molar-refractivity contribution in [1.82, 2.24) is 15.3 Å². The van der Waals surface area contributed by atoms with Crippen LogP contribution < -0.4 is 5.32 Å². The van der Waals surface area contributed by atoms with Crippen molar-refractivity contribution >= 4 is 5.91 Å². The molecule has 1 heterocycles. The van der Waals surface area contributed by atoms with E-state index >= 15 is 0 Å². The Bertz CT molecular complexity index is 552. The summed E-state index contributed by atoms with van der Waals surface area (Å²) in [5.41, 5.74) is 2.60. The Labute approximate surface area is 112 Å². The molecule has 4 heteroatoms. The summed E-state index contributed by atoms with van der Waals surface area (Å²) in [5.74, 6) is 0.957. The van der Waals surface area contributed by atoms with Gasteiger partial charge in [0.2, 0.25) is 5.91 Å². The number of aromatic nitrogens is 2. The molecule has 0 saturated heterocycles. The summed E-state index contributed by atoms with van der Waals surface area (Å²) in [7, 11) is 0. The van der Waals surface area contributed by atoms with Gasteiger partial charge in [-0.2, -0.15) is 0 Å². The number of amides is 1. The Morgan fingerprint density at radius 2 is 2.05 bits per heavy atom. The van der Waals surface area contributed by atoms with E-state index in [0.717, 1.165) is 18.7 Å². The third-order valence-corrected chi connectivity index (χ3v) is 3.71. The first kappa shape index (κ1) is 12.0. The number of hydrogen-bond donors (Lipinski definition) is 2. The zero-order chi connectivity index (χ0) is 13.2. The van der Waals surface area contributed by atoms with Crippen molar-refractivity contribution in [2.45, 2.75) is 25.8 Å². The molecule has 98 valence electrons. The molecular weight excluding hydrogens is 238 g/mol. The van der Waals surface area contributed by atoms with Crippen LogP contribution in [0.15, 0.2) is 36.7 Å². The summed E-state index contributed by atoms with van der Waals surface area (Å²) < 4.78 is 0. The average Bonchev–Trinajstić information content (AvgIpc) is 3.07. The van der Waals surface area contributed by atoms with Gasteiger partial charge in [-0.05, 0) is 30.9 Å². The fourth-order valence-corrected chi connectivity index (χ4v) is 2.66. The van der Waals surface area contributed by atoms with Gasteiger partial charge in [0.25, 0.3) is 0 Å². The first-order valence-electron chi connectivity index (χ1n) is 6.60. The normalized spacial score (nSPS) is 16.1. The molecule has 0 spiro atoms. The van der Waals surface area contributed by atoms with Crippen molar-refractivity contribution in [3.05, 3.63) is 53.6 Å². The van der Waals surface area contributed by atoms with E-state index in [0.29, 0.717) is 0 Å². The molecule has 1 aromatic heterocycles. The van der Waals surface area contributed by atoms with Gasteiger partial charge >= 0.3 is 0 Å². The van der Waals surface area contributed by atoms with E-state index < -0.39 is 0 Å². The summed E-state index contributed by atoms with van der Waals surface area (Å²) in [6.45, 7) is 1.94. The van der Waals surface area contributed by atoms with Gasteiger partial charge in [0.15, 0.2) is 0 Å². The van der Waals surface area contributed by atoms with Crippen molar-refractivity contribution in [3.8, 4) is 0 Å². The molecule has 0 fully saturated rings. The standard InChI is InChI=1S/C15H17N3O/c1-10(14-16-6-7-17-14)18-15(19)13-8-11-4-2-3-5-12(11)9-13/h2-7,10,13H,8-9H2,1H3,(H,16,17)(H,18,19). The molecule has 1 unspecified atom stereocenters. The van der Waals surface area contributed by atoms with Crippen LogP contribution in [0, 0.1) is 5.92 Å². The molecule has 3 rings (SSSR count). The lowest BCUT2D eigenvalue weighted by Gasteiger charge is -2.15. The molecule has 1 atom stereocenters. The maximum absolute atomic E-state index is 12.3. The zero-order valence-corrected chi connectivity index (χ0v) is 10.9. The molecule has 1 aliphatic rings. The lowest BCUT2D eigenvalue weighted by Crippen LogP contribution is -2.33. The highest BCUT2D eigenvalue weighted by atomic mass is 16.1. The molecule has 1 aromatic carbocycles. The van der Waals surface area contributed by atoms with Crippen molar-refractivity contribution in [1.29, 1.82) is 0 Å². The molecule has 0 aliphatic heterocycles. The first-order chi connectivity index (χ1) is 9.24. The van der Waals surface area contributed by atoms with Crippen LogP contribution in [0.1, 0.15) is 29.9 Å². The Hall–Kier alpha value is -2.10. The van der Waals surface area contributed by atoms with Crippen molar-refractivity contribution in [3.63, 3.8) is 0 Å². The van der Waals surface area contributed by atoms with E-state index in [2.05, 4.69) is 27.4 Å². The highest BCUT2D eigenvalue weighted by Crippen LogP contribution is 2.26.